The van der Waals surface area contributed by atoms with Crippen LogP contribution in [0.1, 0.15) is 39.0 Å². The van der Waals surface area contributed by atoms with Crippen molar-refractivity contribution in [3.8, 4) is 0 Å². The van der Waals surface area contributed by atoms with Crippen molar-refractivity contribution in [2.45, 2.75) is 39.0 Å². The summed E-state index contributed by atoms with van der Waals surface area (Å²) in [6.45, 7) is 2.07. The lowest BCUT2D eigenvalue weighted by Gasteiger charge is -2.18. The molecule has 0 spiro atoms. The van der Waals surface area contributed by atoms with E-state index in [1.54, 1.807) is 12.2 Å². The summed E-state index contributed by atoms with van der Waals surface area (Å²) >= 11 is 0. The quantitative estimate of drug-likeness (QED) is 0.676. The third kappa shape index (κ3) is 4.51. The Morgan fingerprint density at radius 2 is 2.28 bits per heavy atom. The van der Waals surface area contributed by atoms with E-state index in [-0.39, 0.29) is 6.42 Å². The highest BCUT2D eigenvalue weighted by atomic mass is 19.1. The molecule has 1 aliphatic carbocycles. The third-order valence-electron chi connectivity index (χ3n) is 3.03. The second-order valence-corrected chi connectivity index (χ2v) is 4.52. The van der Waals surface area contributed by atoms with Gasteiger partial charge in [-0.2, -0.15) is 0 Å². The highest BCUT2D eigenvalue weighted by molar-refractivity contribution is 5.73. The minimum absolute atomic E-state index is 0.215. The van der Waals surface area contributed by atoms with Crippen molar-refractivity contribution < 1.29 is 19.0 Å². The monoisotopic (exact) mass is 256 g/mol. The summed E-state index contributed by atoms with van der Waals surface area (Å²) in [5, 5.41) is 8.87. The number of hydrogen-bond acceptors (Lipinski definition) is 2. The molecular formula is C14H21FO3. The van der Waals surface area contributed by atoms with E-state index in [1.807, 2.05) is 0 Å². The SMILES string of the molecule is CCCCCCOC1=C(CF)CC(C(=O)O)C=C1. The number of unbranched alkanes of at least 4 members (excludes halogenated alkanes) is 3. The first-order valence-electron chi connectivity index (χ1n) is 6.50. The summed E-state index contributed by atoms with van der Waals surface area (Å²) in [6, 6.07) is 0. The van der Waals surface area contributed by atoms with Crippen LogP contribution in [0.3, 0.4) is 0 Å². The Morgan fingerprint density at radius 1 is 1.50 bits per heavy atom. The molecule has 0 heterocycles. The van der Waals surface area contributed by atoms with Crippen molar-refractivity contribution in [1.82, 2.24) is 0 Å². The van der Waals surface area contributed by atoms with E-state index in [0.29, 0.717) is 17.9 Å². The van der Waals surface area contributed by atoms with Gasteiger partial charge in [-0.1, -0.05) is 32.3 Å². The summed E-state index contributed by atoms with van der Waals surface area (Å²) < 4.78 is 18.4. The minimum atomic E-state index is -0.917. The van der Waals surface area contributed by atoms with Crippen LogP contribution in [0, 0.1) is 5.92 Å². The van der Waals surface area contributed by atoms with Crippen LogP contribution in [0.5, 0.6) is 0 Å². The van der Waals surface area contributed by atoms with Crippen LogP contribution in [0.25, 0.3) is 0 Å². The molecule has 0 saturated heterocycles. The van der Waals surface area contributed by atoms with Crippen molar-refractivity contribution in [3.63, 3.8) is 0 Å². The van der Waals surface area contributed by atoms with Crippen LogP contribution < -0.4 is 0 Å². The Bertz CT molecular complexity index is 334. The van der Waals surface area contributed by atoms with Crippen LogP contribution in [0.15, 0.2) is 23.5 Å². The summed E-state index contributed by atoms with van der Waals surface area (Å²) in [5.74, 6) is -1.02. The molecule has 0 aromatic carbocycles. The average Bonchev–Trinajstić information content (AvgIpc) is 2.38. The van der Waals surface area contributed by atoms with Gasteiger partial charge in [0.15, 0.2) is 0 Å². The molecule has 1 aliphatic rings. The molecule has 1 atom stereocenters. The molecule has 4 heteroatoms. The zero-order valence-corrected chi connectivity index (χ0v) is 10.8. The number of hydrogen-bond donors (Lipinski definition) is 1. The summed E-state index contributed by atoms with van der Waals surface area (Å²) in [7, 11) is 0. The van der Waals surface area contributed by atoms with Gasteiger partial charge >= 0.3 is 5.97 Å². The number of carbonyl (C=O) groups is 1. The van der Waals surface area contributed by atoms with Gasteiger partial charge in [-0.05, 0) is 18.9 Å². The predicted octanol–water partition coefficient (Wildman–Crippen LogP) is 3.47. The second-order valence-electron chi connectivity index (χ2n) is 4.52. The lowest BCUT2D eigenvalue weighted by Crippen LogP contribution is -2.17. The molecule has 1 N–H and O–H groups in total. The molecule has 0 fully saturated rings. The van der Waals surface area contributed by atoms with E-state index in [0.717, 1.165) is 12.8 Å². The van der Waals surface area contributed by atoms with E-state index in [4.69, 9.17) is 9.84 Å². The van der Waals surface area contributed by atoms with Gasteiger partial charge in [0, 0.05) is 5.57 Å². The van der Waals surface area contributed by atoms with Gasteiger partial charge in [0.25, 0.3) is 0 Å². The van der Waals surface area contributed by atoms with Crippen LogP contribution in [0.4, 0.5) is 4.39 Å². The maximum absolute atomic E-state index is 12.8. The Balaban J connectivity index is 2.43. The fourth-order valence-electron chi connectivity index (χ4n) is 1.91. The van der Waals surface area contributed by atoms with Gasteiger partial charge in [-0.25, -0.2) is 4.39 Å². The number of ether oxygens (including phenoxy) is 1. The summed E-state index contributed by atoms with van der Waals surface area (Å²) in [5.41, 5.74) is 0.459. The number of carboxylic acids is 1. The first-order valence-corrected chi connectivity index (χ1v) is 6.50. The van der Waals surface area contributed by atoms with Crippen molar-refractivity contribution in [2.24, 2.45) is 5.92 Å². The molecule has 1 unspecified atom stereocenters. The maximum atomic E-state index is 12.8. The highest BCUT2D eigenvalue weighted by Gasteiger charge is 2.22. The van der Waals surface area contributed by atoms with E-state index in [9.17, 15) is 9.18 Å². The largest absolute Gasteiger partial charge is 0.494 e. The van der Waals surface area contributed by atoms with Crippen molar-refractivity contribution in [1.29, 1.82) is 0 Å². The van der Waals surface area contributed by atoms with Gasteiger partial charge in [-0.15, -0.1) is 0 Å². The molecule has 0 aliphatic heterocycles. The minimum Gasteiger partial charge on any atom is -0.494 e. The fourth-order valence-corrected chi connectivity index (χ4v) is 1.91. The molecule has 0 radical (unpaired) electrons. The van der Waals surface area contributed by atoms with Crippen LogP contribution in [0.2, 0.25) is 0 Å². The van der Waals surface area contributed by atoms with Crippen molar-refractivity contribution in [3.05, 3.63) is 23.5 Å². The van der Waals surface area contributed by atoms with Crippen molar-refractivity contribution in [2.75, 3.05) is 13.3 Å². The molecule has 0 aromatic rings. The zero-order valence-electron chi connectivity index (χ0n) is 10.8. The topological polar surface area (TPSA) is 46.5 Å². The van der Waals surface area contributed by atoms with Gasteiger partial charge in [0.05, 0.1) is 12.5 Å². The van der Waals surface area contributed by atoms with Crippen LogP contribution in [-0.4, -0.2) is 24.4 Å². The van der Waals surface area contributed by atoms with Gasteiger partial charge < -0.3 is 9.84 Å². The molecule has 0 aromatic heterocycles. The summed E-state index contributed by atoms with van der Waals surface area (Å²) in [4.78, 5) is 10.8. The molecule has 0 bridgehead atoms. The Hall–Kier alpha value is -1.32. The summed E-state index contributed by atoms with van der Waals surface area (Å²) in [6.07, 6.45) is 7.78. The van der Waals surface area contributed by atoms with Crippen LogP contribution in [-0.2, 0) is 9.53 Å². The van der Waals surface area contributed by atoms with Crippen LogP contribution >= 0.6 is 0 Å². The lowest BCUT2D eigenvalue weighted by molar-refractivity contribution is -0.140. The fraction of sp³-hybridized carbons (Fsp3) is 0.643. The van der Waals surface area contributed by atoms with E-state index < -0.39 is 18.6 Å². The predicted molar refractivity (Wildman–Crippen MR) is 68.0 cm³/mol. The third-order valence-corrected chi connectivity index (χ3v) is 3.03. The number of allylic oxidation sites excluding steroid dienone is 2. The van der Waals surface area contributed by atoms with E-state index in [1.165, 1.54) is 12.8 Å². The zero-order chi connectivity index (χ0) is 13.4. The van der Waals surface area contributed by atoms with Gasteiger partial charge in [0.2, 0.25) is 0 Å². The van der Waals surface area contributed by atoms with Gasteiger partial charge in [-0.3, -0.25) is 4.79 Å². The van der Waals surface area contributed by atoms with Gasteiger partial charge in [0.1, 0.15) is 12.4 Å². The molecule has 3 nitrogen and oxygen atoms in total. The maximum Gasteiger partial charge on any atom is 0.310 e. The van der Waals surface area contributed by atoms with Crippen molar-refractivity contribution >= 4 is 5.97 Å². The molecular weight excluding hydrogens is 235 g/mol. The number of aliphatic carboxylic acids is 1. The number of rotatable bonds is 8. The Kier molecular flexibility index (Phi) is 6.47. The Labute approximate surface area is 107 Å². The van der Waals surface area contributed by atoms with E-state index in [2.05, 4.69) is 6.92 Å². The molecule has 1 rings (SSSR count). The highest BCUT2D eigenvalue weighted by Crippen LogP contribution is 2.25. The molecule has 0 amide bonds. The number of carboxylic acid groups (broad SMARTS) is 1. The Morgan fingerprint density at radius 3 is 2.89 bits per heavy atom. The first-order chi connectivity index (χ1) is 8.69. The average molecular weight is 256 g/mol. The molecule has 18 heavy (non-hydrogen) atoms. The number of alkyl halides is 1. The normalized spacial score (nSPS) is 19.1. The second kappa shape index (κ2) is 7.90. The first kappa shape index (κ1) is 14.7. The number of halogens is 1. The lowest BCUT2D eigenvalue weighted by atomic mass is 9.94. The molecule has 102 valence electrons. The standard InChI is InChI=1S/C14H21FO3/c1-2-3-4-5-8-18-13-7-6-11(14(16)17)9-12(13)10-15/h6-7,11H,2-5,8-10H2,1H3,(H,16,17). The van der Waals surface area contributed by atoms with E-state index >= 15 is 0 Å². The smallest absolute Gasteiger partial charge is 0.310 e. The molecule has 0 saturated carbocycles.